The van der Waals surface area contributed by atoms with Gasteiger partial charge in [0.25, 0.3) is 11.2 Å². The molecule has 0 spiro atoms. The van der Waals surface area contributed by atoms with Crippen LogP contribution in [0.5, 0.6) is 5.75 Å². The number of phenols is 1. The number of rotatable bonds is 5. The van der Waals surface area contributed by atoms with Crippen LogP contribution in [0, 0.1) is 10.1 Å². The molecule has 0 radical (unpaired) electrons. The summed E-state index contributed by atoms with van der Waals surface area (Å²) in [5.41, 5.74) is 0.240. The van der Waals surface area contributed by atoms with Gasteiger partial charge in [0.2, 0.25) is 0 Å². The Morgan fingerprint density at radius 2 is 2.19 bits per heavy atom. The number of aromatic hydroxyl groups is 1. The van der Waals surface area contributed by atoms with Crippen LogP contribution in [-0.2, 0) is 9.53 Å². The highest BCUT2D eigenvalue weighted by Gasteiger charge is 2.33. The maximum Gasteiger partial charge on any atom is 0.338 e. The number of carbonyl (C=O) groups is 1. The summed E-state index contributed by atoms with van der Waals surface area (Å²) in [6.45, 7) is 3.58. The highest BCUT2D eigenvalue weighted by molar-refractivity contribution is 7.10. The number of hydrogen-bond donors (Lipinski definition) is 1. The van der Waals surface area contributed by atoms with Crippen molar-refractivity contribution < 1.29 is 19.6 Å². The number of non-ortho nitro benzene ring substituents is 1. The second-order valence-corrected chi connectivity index (χ2v) is 8.81. The van der Waals surface area contributed by atoms with E-state index >= 15 is 0 Å². The van der Waals surface area contributed by atoms with Crippen LogP contribution in [0.1, 0.15) is 30.3 Å². The van der Waals surface area contributed by atoms with Gasteiger partial charge in [-0.3, -0.25) is 19.5 Å². The molecule has 1 atom stereocenters. The molecule has 1 aliphatic heterocycles. The van der Waals surface area contributed by atoms with Crippen LogP contribution >= 0.6 is 22.7 Å². The van der Waals surface area contributed by atoms with E-state index in [0.717, 1.165) is 16.2 Å². The number of benzene rings is 1. The maximum absolute atomic E-state index is 13.4. The molecule has 9 nitrogen and oxygen atoms in total. The molecule has 0 saturated heterocycles. The standard InChI is InChI=1S/C21H17N3O6S2/c1-3-30-20(27)17-11(2)22-21-23(18(17)15-5-4-8-31-15)19(26)16(32-21)10-12-9-13(24(28)29)6-7-14(12)25/h4-10,18,25H,3H2,1-2H3/b16-10+/t18-/m1/s1. The molecule has 0 bridgehead atoms. The topological polar surface area (TPSA) is 124 Å². The molecule has 3 aromatic rings. The van der Waals surface area contributed by atoms with E-state index in [-0.39, 0.29) is 33.7 Å². The van der Waals surface area contributed by atoms with Crippen molar-refractivity contribution in [1.29, 1.82) is 0 Å². The van der Waals surface area contributed by atoms with Crippen molar-refractivity contribution in [2.45, 2.75) is 19.9 Å². The van der Waals surface area contributed by atoms with Crippen LogP contribution in [0.25, 0.3) is 6.08 Å². The summed E-state index contributed by atoms with van der Waals surface area (Å²) in [5.74, 6) is -0.739. The summed E-state index contributed by atoms with van der Waals surface area (Å²) < 4.78 is 6.87. The quantitative estimate of drug-likeness (QED) is 0.346. The third-order valence-corrected chi connectivity index (χ3v) is 6.75. The Kier molecular flexibility index (Phi) is 5.76. The number of nitro benzene ring substituents is 1. The lowest BCUT2D eigenvalue weighted by Gasteiger charge is -2.23. The minimum Gasteiger partial charge on any atom is -0.507 e. The first kappa shape index (κ1) is 21.7. The second-order valence-electron chi connectivity index (χ2n) is 6.82. The molecule has 11 heteroatoms. The molecule has 0 unspecified atom stereocenters. The van der Waals surface area contributed by atoms with E-state index in [9.17, 15) is 24.8 Å². The van der Waals surface area contributed by atoms with Crippen LogP contribution in [0.15, 0.2) is 56.8 Å². The third-order valence-electron chi connectivity index (χ3n) is 4.84. The fourth-order valence-electron chi connectivity index (χ4n) is 3.42. The zero-order valence-corrected chi connectivity index (χ0v) is 18.6. The molecule has 0 saturated carbocycles. The normalized spacial score (nSPS) is 15.9. The van der Waals surface area contributed by atoms with E-state index < -0.39 is 22.5 Å². The van der Waals surface area contributed by atoms with Crippen molar-refractivity contribution in [1.82, 2.24) is 4.57 Å². The Bertz CT molecular complexity index is 1430. The van der Waals surface area contributed by atoms with Gasteiger partial charge in [-0.2, -0.15) is 0 Å². The zero-order valence-electron chi connectivity index (χ0n) is 17.0. The van der Waals surface area contributed by atoms with Gasteiger partial charge in [0, 0.05) is 22.6 Å². The number of thiophene rings is 1. The summed E-state index contributed by atoms with van der Waals surface area (Å²) >= 11 is 2.48. The summed E-state index contributed by atoms with van der Waals surface area (Å²) in [5, 5.41) is 23.1. The number of ether oxygens (including phenoxy) is 1. The number of carbonyl (C=O) groups excluding carboxylic acids is 1. The number of esters is 1. The number of thiazole rings is 1. The van der Waals surface area contributed by atoms with Crippen LogP contribution in [-0.4, -0.2) is 27.2 Å². The molecule has 1 aliphatic rings. The van der Waals surface area contributed by atoms with Crippen molar-refractivity contribution in [3.05, 3.63) is 87.2 Å². The maximum atomic E-state index is 13.4. The van der Waals surface area contributed by atoms with E-state index in [0.29, 0.717) is 10.5 Å². The van der Waals surface area contributed by atoms with E-state index in [4.69, 9.17) is 4.74 Å². The van der Waals surface area contributed by atoms with Gasteiger partial charge in [-0.15, -0.1) is 11.3 Å². The van der Waals surface area contributed by atoms with Gasteiger partial charge in [0.1, 0.15) is 11.8 Å². The van der Waals surface area contributed by atoms with Gasteiger partial charge in [-0.1, -0.05) is 17.4 Å². The van der Waals surface area contributed by atoms with E-state index in [1.54, 1.807) is 13.8 Å². The lowest BCUT2D eigenvalue weighted by atomic mass is 10.0. The van der Waals surface area contributed by atoms with E-state index in [1.807, 2.05) is 17.5 Å². The van der Waals surface area contributed by atoms with Gasteiger partial charge < -0.3 is 9.84 Å². The molecule has 4 rings (SSSR count). The minimum absolute atomic E-state index is 0.137. The Morgan fingerprint density at radius 1 is 1.41 bits per heavy atom. The molecule has 0 fully saturated rings. The fraction of sp³-hybridized carbons (Fsp3) is 0.190. The van der Waals surface area contributed by atoms with E-state index in [1.165, 1.54) is 40.2 Å². The molecular formula is C21H17N3O6S2. The summed E-state index contributed by atoms with van der Waals surface area (Å²) in [6, 6.07) is 6.54. The first-order chi connectivity index (χ1) is 15.3. The van der Waals surface area contributed by atoms with Gasteiger partial charge in [0.05, 0.1) is 27.3 Å². The molecule has 0 amide bonds. The molecule has 2 aromatic heterocycles. The number of allylic oxidation sites excluding steroid dienone is 1. The van der Waals surface area contributed by atoms with Crippen molar-refractivity contribution >= 4 is 40.4 Å². The highest BCUT2D eigenvalue weighted by Crippen LogP contribution is 2.33. The summed E-state index contributed by atoms with van der Waals surface area (Å²) in [4.78, 5) is 42.2. The van der Waals surface area contributed by atoms with Gasteiger partial charge in [-0.05, 0) is 37.4 Å². The number of fused-ring (bicyclic) bond motifs is 1. The third kappa shape index (κ3) is 3.76. The number of phenolic OH excluding ortho intramolecular Hbond substituents is 1. The van der Waals surface area contributed by atoms with Crippen molar-refractivity contribution in [2.24, 2.45) is 4.99 Å². The monoisotopic (exact) mass is 471 g/mol. The smallest absolute Gasteiger partial charge is 0.338 e. The lowest BCUT2D eigenvalue weighted by Crippen LogP contribution is -2.39. The molecule has 0 aliphatic carbocycles. The highest BCUT2D eigenvalue weighted by atomic mass is 32.1. The Morgan fingerprint density at radius 3 is 2.84 bits per heavy atom. The van der Waals surface area contributed by atoms with Crippen LogP contribution in [0.2, 0.25) is 0 Å². The van der Waals surface area contributed by atoms with Crippen molar-refractivity contribution in [3.63, 3.8) is 0 Å². The zero-order chi connectivity index (χ0) is 23.0. The van der Waals surface area contributed by atoms with E-state index in [2.05, 4.69) is 4.99 Å². The molecule has 164 valence electrons. The van der Waals surface area contributed by atoms with Crippen molar-refractivity contribution in [2.75, 3.05) is 6.61 Å². The Balaban J connectivity index is 1.95. The molecular weight excluding hydrogens is 454 g/mol. The predicted molar refractivity (Wildman–Crippen MR) is 119 cm³/mol. The predicted octanol–water partition coefficient (Wildman–Crippen LogP) is 2.47. The molecule has 3 heterocycles. The van der Waals surface area contributed by atoms with Crippen LogP contribution < -0.4 is 14.9 Å². The number of hydrogen-bond acceptors (Lipinski definition) is 9. The van der Waals surface area contributed by atoms with Gasteiger partial charge in [0.15, 0.2) is 4.80 Å². The lowest BCUT2D eigenvalue weighted by molar-refractivity contribution is -0.384. The molecule has 1 aromatic carbocycles. The van der Waals surface area contributed by atoms with Gasteiger partial charge in [-0.25, -0.2) is 9.79 Å². The number of nitrogens with zero attached hydrogens (tertiary/aromatic N) is 3. The van der Waals surface area contributed by atoms with Crippen molar-refractivity contribution in [3.8, 4) is 5.75 Å². The SMILES string of the molecule is CCOC(=O)C1=C(C)N=c2s/c(=C/c3cc([N+](=O)[O-])ccc3O)c(=O)n2[C@@H]1c1cccs1. The largest absolute Gasteiger partial charge is 0.507 e. The average molecular weight is 472 g/mol. The fourth-order valence-corrected chi connectivity index (χ4v) is 5.28. The number of aromatic nitrogens is 1. The minimum atomic E-state index is -0.703. The van der Waals surface area contributed by atoms with Crippen LogP contribution in [0.4, 0.5) is 5.69 Å². The Labute approximate surface area is 189 Å². The first-order valence-electron chi connectivity index (χ1n) is 9.52. The van der Waals surface area contributed by atoms with Crippen LogP contribution in [0.3, 0.4) is 0 Å². The Hall–Kier alpha value is -3.57. The average Bonchev–Trinajstić information content (AvgIpc) is 3.37. The summed E-state index contributed by atoms with van der Waals surface area (Å²) in [7, 11) is 0. The number of nitro groups is 1. The second kappa shape index (κ2) is 8.52. The summed E-state index contributed by atoms with van der Waals surface area (Å²) in [6.07, 6.45) is 1.39. The molecule has 1 N–H and O–H groups in total. The first-order valence-corrected chi connectivity index (χ1v) is 11.2. The van der Waals surface area contributed by atoms with Gasteiger partial charge >= 0.3 is 5.97 Å². The molecule has 32 heavy (non-hydrogen) atoms.